The molecule has 2 rings (SSSR count). The lowest BCUT2D eigenvalue weighted by atomic mass is 10.0. The molecule has 1 aromatic rings. The molecule has 0 spiro atoms. The van der Waals surface area contributed by atoms with E-state index in [2.05, 4.69) is 4.74 Å². The molecule has 1 aliphatic rings. The Balaban J connectivity index is 0.000000829. The first-order valence-electron chi connectivity index (χ1n) is 7.00. The normalized spacial score (nSPS) is 14.6. The molecule has 0 N–H and O–H groups in total. The summed E-state index contributed by atoms with van der Waals surface area (Å²) < 4.78 is 10.0. The third-order valence-corrected chi connectivity index (χ3v) is 2.61. The van der Waals surface area contributed by atoms with Crippen LogP contribution in [0.1, 0.15) is 50.5 Å². The van der Waals surface area contributed by atoms with Crippen LogP contribution in [0.3, 0.4) is 0 Å². The Hall–Kier alpha value is -1.84. The zero-order valence-corrected chi connectivity index (χ0v) is 13.1. The zero-order chi connectivity index (χ0) is 15.7. The number of hydrogen-bond acceptors (Lipinski definition) is 4. The molecule has 0 fully saturated rings. The van der Waals surface area contributed by atoms with E-state index in [9.17, 15) is 9.59 Å². The van der Waals surface area contributed by atoms with Gasteiger partial charge in [-0.05, 0) is 30.7 Å². The Morgan fingerprint density at radius 2 is 1.80 bits per heavy atom. The number of hydrogen-bond donors (Lipinski definition) is 0. The van der Waals surface area contributed by atoms with Gasteiger partial charge in [0.15, 0.2) is 11.9 Å². The first-order chi connectivity index (χ1) is 9.61. The maximum atomic E-state index is 11.3. The standard InChI is InChI=1S/C12H12O4.2C2H6/c1-7(13)8-3-4-10-9(5-8)6-11(16-10)12(14)15-2;2*1-2/h3-5,11H,6H2,1-2H3;2*1-2H3. The molecule has 0 saturated heterocycles. The van der Waals surface area contributed by atoms with E-state index in [-0.39, 0.29) is 11.8 Å². The molecule has 112 valence electrons. The highest BCUT2D eigenvalue weighted by atomic mass is 16.6. The summed E-state index contributed by atoms with van der Waals surface area (Å²) in [6.45, 7) is 9.51. The smallest absolute Gasteiger partial charge is 0.347 e. The number of Topliss-reactive ketones (excluding diaryl/α,β-unsaturated/α-hetero) is 1. The molecule has 0 aliphatic carbocycles. The van der Waals surface area contributed by atoms with E-state index in [0.29, 0.717) is 17.7 Å². The zero-order valence-electron chi connectivity index (χ0n) is 13.1. The second-order valence-electron chi connectivity index (χ2n) is 3.71. The maximum absolute atomic E-state index is 11.3. The van der Waals surface area contributed by atoms with Crippen molar-refractivity contribution >= 4 is 11.8 Å². The number of carbonyl (C=O) groups excluding carboxylic acids is 2. The van der Waals surface area contributed by atoms with Gasteiger partial charge in [0, 0.05) is 12.0 Å². The summed E-state index contributed by atoms with van der Waals surface area (Å²) in [6, 6.07) is 5.18. The molecule has 1 unspecified atom stereocenters. The van der Waals surface area contributed by atoms with Gasteiger partial charge in [-0.25, -0.2) is 4.79 Å². The first kappa shape index (κ1) is 18.2. The van der Waals surface area contributed by atoms with Gasteiger partial charge in [0.2, 0.25) is 0 Å². The second kappa shape index (κ2) is 9.13. The van der Waals surface area contributed by atoms with Crippen molar-refractivity contribution < 1.29 is 19.1 Å². The molecule has 0 aromatic heterocycles. The predicted molar refractivity (Wildman–Crippen MR) is 79.3 cm³/mol. The van der Waals surface area contributed by atoms with Crippen LogP contribution in [-0.4, -0.2) is 25.0 Å². The number of benzene rings is 1. The van der Waals surface area contributed by atoms with E-state index < -0.39 is 6.10 Å². The predicted octanol–water partition coefficient (Wildman–Crippen LogP) is 3.42. The van der Waals surface area contributed by atoms with Crippen molar-refractivity contribution in [2.45, 2.75) is 47.1 Å². The average Bonchev–Trinajstić information content (AvgIpc) is 2.93. The number of ether oxygens (including phenoxy) is 2. The van der Waals surface area contributed by atoms with Crippen molar-refractivity contribution in [1.82, 2.24) is 0 Å². The van der Waals surface area contributed by atoms with Crippen LogP contribution in [0.15, 0.2) is 18.2 Å². The van der Waals surface area contributed by atoms with Crippen LogP contribution in [0.5, 0.6) is 5.75 Å². The Bertz CT molecular complexity index is 452. The fourth-order valence-corrected chi connectivity index (χ4v) is 1.73. The molecule has 20 heavy (non-hydrogen) atoms. The van der Waals surface area contributed by atoms with Crippen LogP contribution in [0.25, 0.3) is 0 Å². The quantitative estimate of drug-likeness (QED) is 0.615. The molecule has 1 aliphatic heterocycles. The third kappa shape index (κ3) is 4.37. The van der Waals surface area contributed by atoms with Gasteiger partial charge in [0.05, 0.1) is 7.11 Å². The fraction of sp³-hybridized carbons (Fsp3) is 0.500. The summed E-state index contributed by atoms with van der Waals surface area (Å²) in [7, 11) is 1.33. The van der Waals surface area contributed by atoms with E-state index >= 15 is 0 Å². The van der Waals surface area contributed by atoms with Gasteiger partial charge in [-0.3, -0.25) is 4.79 Å². The summed E-state index contributed by atoms with van der Waals surface area (Å²) in [5.41, 5.74) is 1.51. The summed E-state index contributed by atoms with van der Waals surface area (Å²) in [6.07, 6.45) is -0.120. The lowest BCUT2D eigenvalue weighted by molar-refractivity contribution is -0.147. The van der Waals surface area contributed by atoms with Crippen LogP contribution in [0.4, 0.5) is 0 Å². The highest BCUT2D eigenvalue weighted by molar-refractivity contribution is 5.94. The topological polar surface area (TPSA) is 52.6 Å². The minimum absolute atomic E-state index is 0.00400. The van der Waals surface area contributed by atoms with Crippen molar-refractivity contribution in [2.75, 3.05) is 7.11 Å². The number of carbonyl (C=O) groups is 2. The molecule has 4 heteroatoms. The van der Waals surface area contributed by atoms with Gasteiger partial charge in [0.1, 0.15) is 5.75 Å². The molecule has 1 heterocycles. The van der Waals surface area contributed by atoms with E-state index in [1.807, 2.05) is 27.7 Å². The van der Waals surface area contributed by atoms with Crippen molar-refractivity contribution in [2.24, 2.45) is 0 Å². The Morgan fingerprint density at radius 1 is 1.20 bits per heavy atom. The summed E-state index contributed by atoms with van der Waals surface area (Å²) in [4.78, 5) is 22.5. The highest BCUT2D eigenvalue weighted by Crippen LogP contribution is 2.30. The van der Waals surface area contributed by atoms with Crippen LogP contribution >= 0.6 is 0 Å². The Morgan fingerprint density at radius 3 is 2.30 bits per heavy atom. The van der Waals surface area contributed by atoms with Crippen LogP contribution in [-0.2, 0) is 16.0 Å². The van der Waals surface area contributed by atoms with Crippen molar-refractivity contribution in [3.63, 3.8) is 0 Å². The van der Waals surface area contributed by atoms with Gasteiger partial charge < -0.3 is 9.47 Å². The molecule has 1 atom stereocenters. The Labute approximate surface area is 121 Å². The summed E-state index contributed by atoms with van der Waals surface area (Å²) >= 11 is 0. The summed E-state index contributed by atoms with van der Waals surface area (Å²) in [5, 5.41) is 0. The van der Waals surface area contributed by atoms with Gasteiger partial charge in [-0.15, -0.1) is 0 Å². The second-order valence-corrected chi connectivity index (χ2v) is 3.71. The summed E-state index contributed by atoms with van der Waals surface area (Å²) in [5.74, 6) is 0.269. The molecule has 0 bridgehead atoms. The van der Waals surface area contributed by atoms with Gasteiger partial charge >= 0.3 is 5.97 Å². The lowest BCUT2D eigenvalue weighted by Crippen LogP contribution is -2.26. The minimum atomic E-state index is -0.581. The maximum Gasteiger partial charge on any atom is 0.347 e. The highest BCUT2D eigenvalue weighted by Gasteiger charge is 2.30. The molecule has 4 nitrogen and oxygen atoms in total. The molecular formula is C16H24O4. The van der Waals surface area contributed by atoms with E-state index in [1.54, 1.807) is 18.2 Å². The molecule has 0 saturated carbocycles. The number of fused-ring (bicyclic) bond motifs is 1. The van der Waals surface area contributed by atoms with Gasteiger partial charge in [-0.1, -0.05) is 27.7 Å². The van der Waals surface area contributed by atoms with Crippen molar-refractivity contribution in [1.29, 1.82) is 0 Å². The van der Waals surface area contributed by atoms with Gasteiger partial charge in [0.25, 0.3) is 0 Å². The average molecular weight is 280 g/mol. The van der Waals surface area contributed by atoms with Crippen molar-refractivity contribution in [3.05, 3.63) is 29.3 Å². The first-order valence-corrected chi connectivity index (χ1v) is 7.00. The largest absolute Gasteiger partial charge is 0.478 e. The molecule has 1 aromatic carbocycles. The van der Waals surface area contributed by atoms with E-state index in [0.717, 1.165) is 5.56 Å². The molecule has 0 amide bonds. The molecular weight excluding hydrogens is 256 g/mol. The van der Waals surface area contributed by atoms with Crippen LogP contribution in [0, 0.1) is 0 Å². The van der Waals surface area contributed by atoms with Gasteiger partial charge in [-0.2, -0.15) is 0 Å². The Kier molecular flexibility index (Phi) is 8.29. The van der Waals surface area contributed by atoms with Crippen LogP contribution < -0.4 is 4.74 Å². The van der Waals surface area contributed by atoms with Crippen LogP contribution in [0.2, 0.25) is 0 Å². The van der Waals surface area contributed by atoms with Crippen molar-refractivity contribution in [3.8, 4) is 5.75 Å². The number of esters is 1. The minimum Gasteiger partial charge on any atom is -0.478 e. The lowest BCUT2D eigenvalue weighted by Gasteiger charge is -2.06. The number of methoxy groups -OCH3 is 1. The third-order valence-electron chi connectivity index (χ3n) is 2.61. The monoisotopic (exact) mass is 280 g/mol. The molecule has 0 radical (unpaired) electrons. The number of ketones is 1. The SMILES string of the molecule is CC.CC.COC(=O)C1Cc2cc(C(C)=O)ccc2O1. The number of rotatable bonds is 2. The van der Waals surface area contributed by atoms with E-state index in [4.69, 9.17) is 4.74 Å². The fourth-order valence-electron chi connectivity index (χ4n) is 1.73. The van der Waals surface area contributed by atoms with E-state index in [1.165, 1.54) is 14.0 Å².